The first-order valence-corrected chi connectivity index (χ1v) is 4.85. The fraction of sp³-hybridized carbons (Fsp3) is 0.889. The van der Waals surface area contributed by atoms with Gasteiger partial charge in [0.1, 0.15) is 0 Å². The minimum absolute atomic E-state index is 0.0374. The second-order valence-corrected chi connectivity index (χ2v) is 3.99. The molecule has 0 saturated carbocycles. The van der Waals surface area contributed by atoms with Gasteiger partial charge < -0.3 is 11.1 Å². The van der Waals surface area contributed by atoms with Crippen molar-refractivity contribution in [3.63, 3.8) is 0 Å². The standard InChI is InChI=1S/C9H19N3O/c1-3-7(8(10)13)12-9(2)4-5-11-6-9/h7,11-12H,3-6H2,1-2H3,(H2,10,13). The summed E-state index contributed by atoms with van der Waals surface area (Å²) in [6.45, 7) is 6.02. The number of nitrogens with one attached hydrogen (secondary N) is 2. The lowest BCUT2D eigenvalue weighted by molar-refractivity contribution is -0.120. The van der Waals surface area contributed by atoms with Crippen molar-refractivity contribution in [2.45, 2.75) is 38.3 Å². The van der Waals surface area contributed by atoms with Gasteiger partial charge in [0, 0.05) is 12.1 Å². The number of amides is 1. The van der Waals surface area contributed by atoms with E-state index in [0.717, 1.165) is 25.9 Å². The highest BCUT2D eigenvalue weighted by molar-refractivity contribution is 5.79. The number of rotatable bonds is 4. The zero-order valence-corrected chi connectivity index (χ0v) is 8.39. The molecular formula is C9H19N3O. The molecule has 13 heavy (non-hydrogen) atoms. The third kappa shape index (κ3) is 2.67. The van der Waals surface area contributed by atoms with Gasteiger partial charge in [-0.1, -0.05) is 6.92 Å². The Balaban J connectivity index is 2.49. The van der Waals surface area contributed by atoms with Gasteiger partial charge in [-0.3, -0.25) is 10.1 Å². The monoisotopic (exact) mass is 185 g/mol. The maximum absolute atomic E-state index is 11.0. The zero-order valence-electron chi connectivity index (χ0n) is 8.39. The van der Waals surface area contributed by atoms with Crippen LogP contribution in [0.3, 0.4) is 0 Å². The summed E-state index contributed by atoms with van der Waals surface area (Å²) >= 11 is 0. The number of hydrogen-bond donors (Lipinski definition) is 3. The first-order chi connectivity index (χ1) is 6.07. The molecule has 0 spiro atoms. The molecule has 0 aliphatic carbocycles. The Morgan fingerprint density at radius 2 is 2.46 bits per heavy atom. The van der Waals surface area contributed by atoms with E-state index < -0.39 is 0 Å². The summed E-state index contributed by atoms with van der Waals surface area (Å²) in [6, 6.07) is -0.190. The SMILES string of the molecule is CCC(NC1(C)CCNC1)C(N)=O. The van der Waals surface area contributed by atoms with Crippen molar-refractivity contribution in [1.82, 2.24) is 10.6 Å². The van der Waals surface area contributed by atoms with Crippen molar-refractivity contribution >= 4 is 5.91 Å². The van der Waals surface area contributed by atoms with Crippen molar-refractivity contribution in [2.24, 2.45) is 5.73 Å². The quantitative estimate of drug-likeness (QED) is 0.558. The molecule has 1 aliphatic heterocycles. The molecule has 0 aromatic rings. The molecule has 1 saturated heterocycles. The van der Waals surface area contributed by atoms with E-state index in [1.54, 1.807) is 0 Å². The van der Waals surface area contributed by atoms with Crippen molar-refractivity contribution in [3.05, 3.63) is 0 Å². The van der Waals surface area contributed by atoms with E-state index in [1.807, 2.05) is 6.92 Å². The van der Waals surface area contributed by atoms with E-state index in [2.05, 4.69) is 17.6 Å². The normalized spacial score (nSPS) is 30.3. The number of nitrogens with two attached hydrogens (primary N) is 1. The van der Waals surface area contributed by atoms with Gasteiger partial charge in [-0.15, -0.1) is 0 Å². The summed E-state index contributed by atoms with van der Waals surface area (Å²) in [6.07, 6.45) is 1.81. The summed E-state index contributed by atoms with van der Waals surface area (Å²) in [7, 11) is 0. The number of carbonyl (C=O) groups excluding carboxylic acids is 1. The molecule has 1 heterocycles. The molecular weight excluding hydrogens is 166 g/mol. The van der Waals surface area contributed by atoms with Gasteiger partial charge in [0.15, 0.2) is 0 Å². The van der Waals surface area contributed by atoms with E-state index in [4.69, 9.17) is 5.73 Å². The Kier molecular flexibility index (Phi) is 3.27. The van der Waals surface area contributed by atoms with Crippen LogP contribution in [0.15, 0.2) is 0 Å². The zero-order chi connectivity index (χ0) is 9.90. The van der Waals surface area contributed by atoms with E-state index in [0.29, 0.717) is 0 Å². The summed E-state index contributed by atoms with van der Waals surface area (Å²) in [5.41, 5.74) is 5.30. The fourth-order valence-electron chi connectivity index (χ4n) is 1.74. The molecule has 0 bridgehead atoms. The largest absolute Gasteiger partial charge is 0.368 e. The predicted octanol–water partition coefficient (Wildman–Crippen LogP) is -0.408. The van der Waals surface area contributed by atoms with Crippen LogP contribution in [-0.4, -0.2) is 30.6 Å². The van der Waals surface area contributed by atoms with E-state index >= 15 is 0 Å². The number of hydrogen-bond acceptors (Lipinski definition) is 3. The molecule has 4 N–H and O–H groups in total. The van der Waals surface area contributed by atoms with Crippen molar-refractivity contribution in [1.29, 1.82) is 0 Å². The van der Waals surface area contributed by atoms with Crippen LogP contribution >= 0.6 is 0 Å². The second kappa shape index (κ2) is 4.07. The smallest absolute Gasteiger partial charge is 0.234 e. The Morgan fingerprint density at radius 1 is 1.77 bits per heavy atom. The average molecular weight is 185 g/mol. The number of carbonyl (C=O) groups is 1. The highest BCUT2D eigenvalue weighted by atomic mass is 16.1. The molecule has 1 amide bonds. The van der Waals surface area contributed by atoms with Gasteiger partial charge in [-0.25, -0.2) is 0 Å². The van der Waals surface area contributed by atoms with E-state index in [-0.39, 0.29) is 17.5 Å². The van der Waals surface area contributed by atoms with Gasteiger partial charge in [0.25, 0.3) is 0 Å². The van der Waals surface area contributed by atoms with Gasteiger partial charge >= 0.3 is 0 Å². The molecule has 2 atom stereocenters. The Hall–Kier alpha value is -0.610. The van der Waals surface area contributed by atoms with Crippen LogP contribution in [0.25, 0.3) is 0 Å². The third-order valence-corrected chi connectivity index (χ3v) is 2.64. The van der Waals surface area contributed by atoms with Crippen LogP contribution in [0.1, 0.15) is 26.7 Å². The van der Waals surface area contributed by atoms with Gasteiger partial charge in [-0.05, 0) is 26.3 Å². The summed E-state index contributed by atoms with van der Waals surface area (Å²) in [5, 5.41) is 6.57. The highest BCUT2D eigenvalue weighted by Crippen LogP contribution is 2.14. The Morgan fingerprint density at radius 3 is 2.85 bits per heavy atom. The lowest BCUT2D eigenvalue weighted by atomic mass is 9.99. The first kappa shape index (κ1) is 10.5. The maximum Gasteiger partial charge on any atom is 0.234 e. The molecule has 2 unspecified atom stereocenters. The van der Waals surface area contributed by atoms with Gasteiger partial charge in [0.05, 0.1) is 6.04 Å². The van der Waals surface area contributed by atoms with Crippen molar-refractivity contribution in [2.75, 3.05) is 13.1 Å². The van der Waals surface area contributed by atoms with Crippen molar-refractivity contribution < 1.29 is 4.79 Å². The van der Waals surface area contributed by atoms with Gasteiger partial charge in [0.2, 0.25) is 5.91 Å². The molecule has 0 radical (unpaired) electrons. The molecule has 4 nitrogen and oxygen atoms in total. The van der Waals surface area contributed by atoms with Crippen LogP contribution < -0.4 is 16.4 Å². The van der Waals surface area contributed by atoms with Crippen LogP contribution in [-0.2, 0) is 4.79 Å². The molecule has 0 aromatic carbocycles. The van der Waals surface area contributed by atoms with Gasteiger partial charge in [-0.2, -0.15) is 0 Å². The summed E-state index contributed by atoms with van der Waals surface area (Å²) in [4.78, 5) is 11.0. The Labute approximate surface area is 79.3 Å². The minimum Gasteiger partial charge on any atom is -0.368 e. The maximum atomic E-state index is 11.0. The fourth-order valence-corrected chi connectivity index (χ4v) is 1.74. The molecule has 1 rings (SSSR count). The van der Waals surface area contributed by atoms with Crippen LogP contribution in [0.5, 0.6) is 0 Å². The Bertz CT molecular complexity index is 187. The van der Waals surface area contributed by atoms with Crippen LogP contribution in [0, 0.1) is 0 Å². The average Bonchev–Trinajstić information content (AvgIpc) is 2.48. The molecule has 76 valence electrons. The highest BCUT2D eigenvalue weighted by Gasteiger charge is 2.31. The number of primary amides is 1. The summed E-state index contributed by atoms with van der Waals surface area (Å²) in [5.74, 6) is -0.254. The second-order valence-electron chi connectivity index (χ2n) is 3.99. The third-order valence-electron chi connectivity index (χ3n) is 2.64. The lowest BCUT2D eigenvalue weighted by Crippen LogP contribution is -2.54. The van der Waals surface area contributed by atoms with E-state index in [9.17, 15) is 4.79 Å². The van der Waals surface area contributed by atoms with E-state index in [1.165, 1.54) is 0 Å². The molecule has 1 aliphatic rings. The van der Waals surface area contributed by atoms with Crippen LogP contribution in [0.4, 0.5) is 0 Å². The molecule has 0 aromatic heterocycles. The predicted molar refractivity (Wildman–Crippen MR) is 52.3 cm³/mol. The topological polar surface area (TPSA) is 67.2 Å². The molecule has 4 heteroatoms. The van der Waals surface area contributed by atoms with Crippen molar-refractivity contribution in [3.8, 4) is 0 Å². The summed E-state index contributed by atoms with van der Waals surface area (Å²) < 4.78 is 0. The lowest BCUT2D eigenvalue weighted by Gasteiger charge is -2.28. The first-order valence-electron chi connectivity index (χ1n) is 4.85. The minimum atomic E-state index is -0.254. The van der Waals surface area contributed by atoms with Crippen LogP contribution in [0.2, 0.25) is 0 Å². The molecule has 1 fully saturated rings.